The molecule has 0 unspecified atom stereocenters. The molecule has 3 N–H and O–H groups in total. The van der Waals surface area contributed by atoms with E-state index < -0.39 is 34.1 Å². The van der Waals surface area contributed by atoms with E-state index >= 15 is 0 Å². The molecule has 226 valence electrons. The zero-order chi connectivity index (χ0) is 30.8. The Morgan fingerprint density at radius 1 is 1.21 bits per heavy atom. The molecule has 14 heteroatoms. The van der Waals surface area contributed by atoms with Gasteiger partial charge in [-0.1, -0.05) is 23.7 Å². The normalized spacial score (nSPS) is 18.1. The molecule has 0 saturated carbocycles. The lowest BCUT2D eigenvalue weighted by Crippen LogP contribution is -2.50. The van der Waals surface area contributed by atoms with E-state index in [0.717, 1.165) is 0 Å². The van der Waals surface area contributed by atoms with E-state index in [1.54, 1.807) is 32.9 Å². The van der Waals surface area contributed by atoms with Crippen molar-refractivity contribution in [1.29, 1.82) is 0 Å². The third kappa shape index (κ3) is 6.70. The van der Waals surface area contributed by atoms with Gasteiger partial charge in [-0.25, -0.2) is 13.2 Å². The summed E-state index contributed by atoms with van der Waals surface area (Å²) in [6.07, 6.45) is -0.654. The fraction of sp³-hybridized carbons (Fsp3) is 0.393. The second-order valence-corrected chi connectivity index (χ2v) is 12.8. The second-order valence-electron chi connectivity index (χ2n) is 10.4. The summed E-state index contributed by atoms with van der Waals surface area (Å²) < 4.78 is 39.1. The minimum atomic E-state index is -3.86. The van der Waals surface area contributed by atoms with Crippen molar-refractivity contribution in [3.05, 3.63) is 64.5 Å². The predicted octanol–water partition coefficient (Wildman–Crippen LogP) is 4.13. The summed E-state index contributed by atoms with van der Waals surface area (Å²) in [5, 5.41) is 19.5. The quantitative estimate of drug-likeness (QED) is 0.340. The van der Waals surface area contributed by atoms with Crippen molar-refractivity contribution in [2.75, 3.05) is 37.4 Å². The topological polar surface area (TPSA) is 154 Å². The predicted molar refractivity (Wildman–Crippen MR) is 157 cm³/mol. The Balaban J connectivity index is 1.62. The van der Waals surface area contributed by atoms with E-state index in [1.807, 2.05) is 6.92 Å². The van der Waals surface area contributed by atoms with Gasteiger partial charge in [0.2, 0.25) is 10.0 Å². The number of likely N-dealkylation sites (N-methyl/N-ethyl adjacent to an activating group) is 1. The van der Waals surface area contributed by atoms with Crippen molar-refractivity contribution >= 4 is 44.9 Å². The molecule has 0 spiro atoms. The molecule has 1 aliphatic heterocycles. The van der Waals surface area contributed by atoms with Gasteiger partial charge >= 0.3 is 6.03 Å². The minimum absolute atomic E-state index is 0.0129. The highest BCUT2D eigenvalue weighted by Gasteiger charge is 2.35. The van der Waals surface area contributed by atoms with Crippen LogP contribution in [0.15, 0.2) is 51.9 Å². The maximum absolute atomic E-state index is 13.7. The van der Waals surface area contributed by atoms with Crippen LogP contribution < -0.4 is 15.4 Å². The summed E-state index contributed by atoms with van der Waals surface area (Å²) >= 11 is 5.93. The number of halogens is 1. The summed E-state index contributed by atoms with van der Waals surface area (Å²) in [4.78, 5) is 28.0. The first-order valence-corrected chi connectivity index (χ1v) is 15.1. The van der Waals surface area contributed by atoms with Crippen molar-refractivity contribution in [2.24, 2.45) is 5.92 Å². The Morgan fingerprint density at radius 2 is 1.90 bits per heavy atom. The highest BCUT2D eigenvalue weighted by atomic mass is 35.5. The van der Waals surface area contributed by atoms with E-state index in [0.29, 0.717) is 27.9 Å². The number of benzene rings is 2. The van der Waals surface area contributed by atoms with Gasteiger partial charge in [-0.2, -0.15) is 4.31 Å². The highest BCUT2D eigenvalue weighted by molar-refractivity contribution is 7.89. The number of sulfonamides is 1. The van der Waals surface area contributed by atoms with Crippen LogP contribution >= 0.6 is 11.6 Å². The van der Waals surface area contributed by atoms with Crippen molar-refractivity contribution < 1.29 is 32.4 Å². The van der Waals surface area contributed by atoms with Gasteiger partial charge in [0.15, 0.2) is 5.76 Å². The van der Waals surface area contributed by atoms with Crippen LogP contribution in [0.2, 0.25) is 5.02 Å². The highest BCUT2D eigenvalue weighted by Crippen LogP contribution is 2.31. The van der Waals surface area contributed by atoms with E-state index in [-0.39, 0.29) is 41.8 Å². The number of aliphatic hydroxyl groups is 1. The first-order chi connectivity index (χ1) is 19.8. The fourth-order valence-electron chi connectivity index (χ4n) is 4.59. The molecular weight excluding hydrogens is 586 g/mol. The molecule has 42 heavy (non-hydrogen) atoms. The number of hydrogen-bond acceptors (Lipinski definition) is 8. The molecule has 2 heterocycles. The molecular formula is C28H34ClN5O7S. The van der Waals surface area contributed by atoms with Gasteiger partial charge in [0.05, 0.1) is 29.7 Å². The summed E-state index contributed by atoms with van der Waals surface area (Å²) in [6, 6.07) is 9.42. The number of hydrogen-bond donors (Lipinski definition) is 3. The third-order valence-corrected chi connectivity index (χ3v) is 9.24. The molecule has 1 aromatic heterocycles. The van der Waals surface area contributed by atoms with Gasteiger partial charge in [0.25, 0.3) is 5.91 Å². The first kappa shape index (κ1) is 31.3. The molecule has 3 aromatic rings. The zero-order valence-electron chi connectivity index (χ0n) is 23.9. The summed E-state index contributed by atoms with van der Waals surface area (Å²) in [5.41, 5.74) is 1.43. The van der Waals surface area contributed by atoms with Gasteiger partial charge in [-0.05, 0) is 63.2 Å². The zero-order valence-corrected chi connectivity index (χ0v) is 25.5. The standard InChI is InChI=1S/C28H34ClN5O7S/c1-16-13-34(17(2)15-35)27(36)23-12-21(30-28(37)31-26-18(3)32-41-19(26)4)8-11-24(23)40-25(16)14-33(5)42(38,39)22-9-6-20(29)7-10-22/h6-12,16-17,25,35H,13-15H2,1-5H3,(H2,30,31,37)/t16-,17+,25+/m1/s1. The van der Waals surface area contributed by atoms with Crippen LogP contribution in [0.3, 0.4) is 0 Å². The molecule has 0 bridgehead atoms. The van der Waals surface area contributed by atoms with Crippen molar-refractivity contribution in [3.8, 4) is 5.75 Å². The number of carbonyl (C=O) groups excluding carboxylic acids is 2. The van der Waals surface area contributed by atoms with Gasteiger partial charge < -0.3 is 29.9 Å². The first-order valence-electron chi connectivity index (χ1n) is 13.3. The fourth-order valence-corrected chi connectivity index (χ4v) is 5.90. The van der Waals surface area contributed by atoms with Crippen LogP contribution in [-0.4, -0.2) is 78.7 Å². The van der Waals surface area contributed by atoms with E-state index in [4.69, 9.17) is 20.9 Å². The number of urea groups is 1. The summed E-state index contributed by atoms with van der Waals surface area (Å²) in [6.45, 7) is 6.85. The lowest BCUT2D eigenvalue weighted by molar-refractivity contribution is 0.0387. The number of nitrogens with one attached hydrogen (secondary N) is 2. The monoisotopic (exact) mass is 619 g/mol. The maximum Gasteiger partial charge on any atom is 0.323 e. The Kier molecular flexibility index (Phi) is 9.46. The van der Waals surface area contributed by atoms with Gasteiger partial charge in [0, 0.05) is 30.2 Å². The minimum Gasteiger partial charge on any atom is -0.488 e. The molecule has 3 atom stereocenters. The van der Waals surface area contributed by atoms with Crippen LogP contribution in [0, 0.1) is 19.8 Å². The number of carbonyl (C=O) groups is 2. The maximum atomic E-state index is 13.7. The molecule has 1 aliphatic rings. The smallest absolute Gasteiger partial charge is 0.323 e. The summed E-state index contributed by atoms with van der Waals surface area (Å²) in [5.74, 6) is -0.0340. The van der Waals surface area contributed by atoms with Crippen LogP contribution in [0.5, 0.6) is 5.75 Å². The third-order valence-electron chi connectivity index (χ3n) is 7.15. The summed E-state index contributed by atoms with van der Waals surface area (Å²) in [7, 11) is -2.40. The van der Waals surface area contributed by atoms with Gasteiger partial charge in [-0.3, -0.25) is 4.79 Å². The van der Waals surface area contributed by atoms with E-state index in [9.17, 15) is 23.1 Å². The van der Waals surface area contributed by atoms with Crippen LogP contribution in [0.25, 0.3) is 0 Å². The number of nitrogens with zero attached hydrogens (tertiary/aromatic N) is 3. The Bertz CT molecular complexity index is 1540. The number of ether oxygens (including phenoxy) is 1. The molecule has 0 saturated heterocycles. The molecule has 4 rings (SSSR count). The number of amides is 3. The molecule has 12 nitrogen and oxygen atoms in total. The second kappa shape index (κ2) is 12.7. The average Bonchev–Trinajstić information content (AvgIpc) is 3.26. The SMILES string of the molecule is Cc1noc(C)c1NC(=O)Nc1ccc2c(c1)C(=O)N([C@@H](C)CO)C[C@@H](C)[C@H](CN(C)S(=O)(=O)c1ccc(Cl)cc1)O2. The number of anilines is 2. The molecule has 0 fully saturated rings. The van der Waals surface area contributed by atoms with Crippen molar-refractivity contribution in [1.82, 2.24) is 14.4 Å². The van der Waals surface area contributed by atoms with Crippen LogP contribution in [-0.2, 0) is 10.0 Å². The van der Waals surface area contributed by atoms with E-state index in [2.05, 4.69) is 15.8 Å². The Hall–Kier alpha value is -3.65. The number of fused-ring (bicyclic) bond motifs is 1. The number of aryl methyl sites for hydroxylation is 2. The number of aromatic nitrogens is 1. The molecule has 3 amide bonds. The van der Waals surface area contributed by atoms with Gasteiger partial charge in [0.1, 0.15) is 23.2 Å². The Morgan fingerprint density at radius 3 is 2.52 bits per heavy atom. The van der Waals surface area contributed by atoms with Crippen molar-refractivity contribution in [3.63, 3.8) is 0 Å². The number of rotatable bonds is 8. The Labute approximate surface area is 249 Å². The molecule has 0 aliphatic carbocycles. The molecule has 0 radical (unpaired) electrons. The van der Waals surface area contributed by atoms with Crippen LogP contribution in [0.4, 0.5) is 16.2 Å². The van der Waals surface area contributed by atoms with Gasteiger partial charge in [-0.15, -0.1) is 0 Å². The van der Waals surface area contributed by atoms with Crippen LogP contribution in [0.1, 0.15) is 35.7 Å². The lowest BCUT2D eigenvalue weighted by atomic mass is 9.99. The van der Waals surface area contributed by atoms with Crippen molar-refractivity contribution in [2.45, 2.75) is 44.7 Å². The number of aliphatic hydroxyl groups excluding tert-OH is 1. The lowest BCUT2D eigenvalue weighted by Gasteiger charge is -2.38. The average molecular weight is 620 g/mol. The molecule has 2 aromatic carbocycles. The largest absolute Gasteiger partial charge is 0.488 e. The van der Waals surface area contributed by atoms with E-state index in [1.165, 1.54) is 46.6 Å².